The number of carbonyl (C=O) groups is 2. The lowest BCUT2D eigenvalue weighted by atomic mass is 10.0. The van der Waals surface area contributed by atoms with Gasteiger partial charge in [0.05, 0.1) is 10.9 Å². The molecule has 1 saturated carbocycles. The lowest BCUT2D eigenvalue weighted by Crippen LogP contribution is -2.31. The molecule has 1 aliphatic carbocycles. The summed E-state index contributed by atoms with van der Waals surface area (Å²) in [6.07, 6.45) is 7.43. The maximum atomic E-state index is 13.0. The summed E-state index contributed by atoms with van der Waals surface area (Å²) >= 11 is 0. The number of carbonyl (C=O) groups excluding carboxylic acids is 1. The number of carboxylic acid groups (broad SMARTS) is 1. The van der Waals surface area contributed by atoms with E-state index in [0.29, 0.717) is 16.7 Å². The van der Waals surface area contributed by atoms with Gasteiger partial charge < -0.3 is 20.0 Å². The van der Waals surface area contributed by atoms with Crippen LogP contribution in [0.2, 0.25) is 0 Å². The summed E-state index contributed by atoms with van der Waals surface area (Å²) in [5.74, 6) is -1.36. The molecule has 7 rings (SSSR count). The first-order valence-corrected chi connectivity index (χ1v) is 14.5. The molecule has 1 fully saturated rings. The Bertz CT molecular complexity index is 2180. The van der Waals surface area contributed by atoms with Gasteiger partial charge in [-0.3, -0.25) is 14.4 Å². The smallest absolute Gasteiger partial charge is 0.335 e. The maximum Gasteiger partial charge on any atom is 0.335 e. The van der Waals surface area contributed by atoms with Crippen LogP contribution in [0.15, 0.2) is 107 Å². The predicted octanol–water partition coefficient (Wildman–Crippen LogP) is 5.13. The number of carboxylic acids is 1. The molecule has 0 saturated heterocycles. The summed E-state index contributed by atoms with van der Waals surface area (Å²) in [6.45, 7) is 1.97. The van der Waals surface area contributed by atoms with Gasteiger partial charge in [-0.2, -0.15) is 0 Å². The van der Waals surface area contributed by atoms with Gasteiger partial charge in [0.1, 0.15) is 16.9 Å². The van der Waals surface area contributed by atoms with Gasteiger partial charge in [0.15, 0.2) is 0 Å². The predicted molar refractivity (Wildman–Crippen MR) is 172 cm³/mol. The van der Waals surface area contributed by atoms with Crippen LogP contribution in [-0.2, 0) is 6.42 Å². The lowest BCUT2D eigenvalue weighted by Gasteiger charge is -2.14. The fourth-order valence-electron chi connectivity index (χ4n) is 4.99. The van der Waals surface area contributed by atoms with Crippen LogP contribution in [0, 0.1) is 0 Å². The number of aromatic nitrogens is 4. The van der Waals surface area contributed by atoms with Crippen LogP contribution >= 0.6 is 0 Å². The second kappa shape index (κ2) is 12.4. The van der Waals surface area contributed by atoms with Crippen molar-refractivity contribution in [3.05, 3.63) is 135 Å². The van der Waals surface area contributed by atoms with Crippen LogP contribution in [0.25, 0.3) is 38.9 Å². The number of rotatable bonds is 6. The van der Waals surface area contributed by atoms with Gasteiger partial charge in [0.2, 0.25) is 5.43 Å². The van der Waals surface area contributed by atoms with E-state index in [1.54, 1.807) is 59.6 Å². The molecule has 2 aromatic carbocycles. The number of H-pyrrole nitrogens is 1. The molecular formula is C35H29N5O5. The second-order valence-electron chi connectivity index (χ2n) is 10.7. The standard InChI is InChI=1S/C25H19N3O4.C10H10N2O/c29-22-20-5-2-12-26-23(20)28(14-21(22)24(30)27-18-10-11-18)19-4-1-3-17(13-19)15-6-8-16(9-7-15)25(31)32;1-2-7-6-8-4-3-5-11-9(8)12-10(7)13/h1-9,12-14,18H,10-11H2,(H,27,30)(H,31,32);3-6H,2H2,1H3,(H,11,12,13). The Hall–Kier alpha value is -5.90. The Morgan fingerprint density at radius 3 is 2.42 bits per heavy atom. The van der Waals surface area contributed by atoms with Gasteiger partial charge in [0, 0.05) is 41.3 Å². The third-order valence-electron chi connectivity index (χ3n) is 7.58. The van der Waals surface area contributed by atoms with E-state index in [0.717, 1.165) is 47.0 Å². The van der Waals surface area contributed by atoms with Crippen molar-refractivity contribution in [2.45, 2.75) is 32.2 Å². The first-order valence-electron chi connectivity index (χ1n) is 14.5. The van der Waals surface area contributed by atoms with Crippen molar-refractivity contribution in [1.82, 2.24) is 24.8 Å². The molecule has 4 aromatic heterocycles. The van der Waals surface area contributed by atoms with Crippen molar-refractivity contribution in [3.8, 4) is 16.8 Å². The van der Waals surface area contributed by atoms with E-state index >= 15 is 0 Å². The number of pyridine rings is 4. The highest BCUT2D eigenvalue weighted by Crippen LogP contribution is 2.25. The molecular weight excluding hydrogens is 570 g/mol. The number of aromatic carboxylic acids is 1. The molecule has 45 heavy (non-hydrogen) atoms. The second-order valence-corrected chi connectivity index (χ2v) is 10.7. The number of nitrogens with zero attached hydrogens (tertiary/aromatic N) is 3. The lowest BCUT2D eigenvalue weighted by molar-refractivity contribution is 0.0696. The zero-order valence-electron chi connectivity index (χ0n) is 24.4. The number of hydrogen-bond acceptors (Lipinski definition) is 6. The molecule has 1 aliphatic rings. The van der Waals surface area contributed by atoms with Gasteiger partial charge in [-0.05, 0) is 85.0 Å². The first-order chi connectivity index (χ1) is 21.8. The zero-order chi connectivity index (χ0) is 31.5. The molecule has 10 nitrogen and oxygen atoms in total. The summed E-state index contributed by atoms with van der Waals surface area (Å²) in [4.78, 5) is 59.4. The highest BCUT2D eigenvalue weighted by Gasteiger charge is 2.26. The van der Waals surface area contributed by atoms with Crippen LogP contribution in [0.1, 0.15) is 46.0 Å². The van der Waals surface area contributed by atoms with E-state index in [4.69, 9.17) is 5.11 Å². The van der Waals surface area contributed by atoms with Crippen LogP contribution in [0.5, 0.6) is 0 Å². The quantitative estimate of drug-likeness (QED) is 0.241. The number of amides is 1. The van der Waals surface area contributed by atoms with Gasteiger partial charge in [-0.15, -0.1) is 0 Å². The van der Waals surface area contributed by atoms with Crippen molar-refractivity contribution in [3.63, 3.8) is 0 Å². The highest BCUT2D eigenvalue weighted by molar-refractivity contribution is 5.97. The number of benzene rings is 2. The fraction of sp³-hybridized carbons (Fsp3) is 0.143. The van der Waals surface area contributed by atoms with Crippen molar-refractivity contribution in [2.75, 3.05) is 0 Å². The summed E-state index contributed by atoms with van der Waals surface area (Å²) in [6, 6.07) is 23.4. The third kappa shape index (κ3) is 6.25. The van der Waals surface area contributed by atoms with E-state index < -0.39 is 5.97 Å². The summed E-state index contributed by atoms with van der Waals surface area (Å²) < 4.78 is 1.74. The molecule has 0 aliphatic heterocycles. The molecule has 0 spiro atoms. The minimum atomic E-state index is -0.979. The molecule has 0 bridgehead atoms. The van der Waals surface area contributed by atoms with Gasteiger partial charge in [-0.25, -0.2) is 14.8 Å². The highest BCUT2D eigenvalue weighted by atomic mass is 16.4. The van der Waals surface area contributed by atoms with Crippen LogP contribution in [-0.4, -0.2) is 42.5 Å². The van der Waals surface area contributed by atoms with Crippen LogP contribution in [0.3, 0.4) is 0 Å². The van der Waals surface area contributed by atoms with Crippen molar-refractivity contribution in [1.29, 1.82) is 0 Å². The molecule has 0 unspecified atom stereocenters. The number of nitrogens with one attached hydrogen (secondary N) is 2. The van der Waals surface area contributed by atoms with Crippen molar-refractivity contribution in [2.24, 2.45) is 0 Å². The minimum absolute atomic E-state index is 0.0336. The number of aryl methyl sites for hydroxylation is 1. The van der Waals surface area contributed by atoms with Gasteiger partial charge in [-0.1, -0.05) is 31.2 Å². The Kier molecular flexibility index (Phi) is 8.03. The molecule has 3 N–H and O–H groups in total. The Labute approximate surface area is 257 Å². The fourth-order valence-corrected chi connectivity index (χ4v) is 4.99. The molecule has 0 atom stereocenters. The van der Waals surface area contributed by atoms with E-state index in [9.17, 15) is 19.2 Å². The molecule has 224 valence electrons. The zero-order valence-corrected chi connectivity index (χ0v) is 24.4. The first kappa shape index (κ1) is 29.2. The monoisotopic (exact) mass is 599 g/mol. The average molecular weight is 600 g/mol. The van der Waals surface area contributed by atoms with Gasteiger partial charge >= 0.3 is 5.97 Å². The van der Waals surface area contributed by atoms with Crippen molar-refractivity contribution >= 4 is 33.9 Å². The number of fused-ring (bicyclic) bond motifs is 2. The number of hydrogen-bond donors (Lipinski definition) is 3. The topological polar surface area (TPSA) is 147 Å². The molecule has 6 aromatic rings. The molecule has 4 heterocycles. The molecule has 1 amide bonds. The van der Waals surface area contributed by atoms with E-state index in [1.165, 1.54) is 0 Å². The Morgan fingerprint density at radius 1 is 0.933 bits per heavy atom. The van der Waals surface area contributed by atoms with E-state index in [-0.39, 0.29) is 34.1 Å². The molecule has 0 radical (unpaired) electrons. The van der Waals surface area contributed by atoms with E-state index in [2.05, 4.69) is 20.3 Å². The van der Waals surface area contributed by atoms with Gasteiger partial charge in [0.25, 0.3) is 11.5 Å². The largest absolute Gasteiger partial charge is 0.478 e. The molecule has 10 heteroatoms. The van der Waals surface area contributed by atoms with Crippen LogP contribution in [0.4, 0.5) is 0 Å². The van der Waals surface area contributed by atoms with Crippen molar-refractivity contribution < 1.29 is 14.7 Å². The summed E-state index contributed by atoms with van der Waals surface area (Å²) in [5, 5.41) is 13.4. The maximum absolute atomic E-state index is 13.0. The minimum Gasteiger partial charge on any atom is -0.478 e. The Morgan fingerprint density at radius 2 is 1.69 bits per heavy atom. The summed E-state index contributed by atoms with van der Waals surface area (Å²) in [7, 11) is 0. The number of aromatic amines is 1. The Balaban J connectivity index is 0.000000229. The normalized spacial score (nSPS) is 12.4. The van der Waals surface area contributed by atoms with Crippen LogP contribution < -0.4 is 16.3 Å². The SMILES string of the molecule is CCc1cc2cccnc2[nH]c1=O.O=C(O)c1ccc(-c2cccc(-n3cc(C(=O)NC4CC4)c(=O)c4cccnc43)c2)cc1. The average Bonchev–Trinajstić information content (AvgIpc) is 3.89. The summed E-state index contributed by atoms with van der Waals surface area (Å²) in [5.41, 5.74) is 4.28. The third-order valence-corrected chi connectivity index (χ3v) is 7.58. The van der Waals surface area contributed by atoms with E-state index in [1.807, 2.05) is 49.4 Å².